The van der Waals surface area contributed by atoms with Crippen LogP contribution in [0, 0.1) is 5.92 Å². The van der Waals surface area contributed by atoms with Crippen molar-refractivity contribution in [2.75, 3.05) is 33.2 Å². The van der Waals surface area contributed by atoms with E-state index >= 15 is 0 Å². The molecule has 2 aliphatic rings. The highest BCUT2D eigenvalue weighted by molar-refractivity contribution is 14.0. The lowest BCUT2D eigenvalue weighted by molar-refractivity contribution is -0.133. The van der Waals surface area contributed by atoms with Gasteiger partial charge in [-0.2, -0.15) is 0 Å². The topological polar surface area (TPSA) is 60.0 Å². The number of nitrogens with one attached hydrogen (secondary N) is 2. The summed E-state index contributed by atoms with van der Waals surface area (Å²) in [5.41, 5.74) is 2.64. The van der Waals surface area contributed by atoms with E-state index in [0.29, 0.717) is 0 Å². The Balaban J connectivity index is 0.00000341. The predicted octanol–water partition coefficient (Wildman–Crippen LogP) is 3.60. The third-order valence-electron chi connectivity index (χ3n) is 6.15. The highest BCUT2D eigenvalue weighted by atomic mass is 127. The van der Waals surface area contributed by atoms with Crippen molar-refractivity contribution in [1.29, 1.82) is 0 Å². The fraction of sp³-hybridized carbons (Fsp3) is 0.667. The van der Waals surface area contributed by atoms with E-state index in [2.05, 4.69) is 44.8 Å². The van der Waals surface area contributed by atoms with Crippen molar-refractivity contribution in [3.05, 3.63) is 35.4 Å². The maximum absolute atomic E-state index is 12.2. The van der Waals surface area contributed by atoms with Gasteiger partial charge >= 0.3 is 0 Å². The molecule has 0 spiro atoms. The molecule has 0 aromatic heterocycles. The first-order valence-corrected chi connectivity index (χ1v) is 11.6. The molecule has 7 heteroatoms. The SMILES string of the molecule is CN=C(NCc1ccc(CN2CCCCCC2)cc1)NC1CCN(C(=O)C(C)C)C1.I. The minimum absolute atomic E-state index is 0. The first kappa shape index (κ1) is 25.9. The zero-order valence-corrected chi connectivity index (χ0v) is 21.7. The number of amides is 1. The molecule has 1 aromatic rings. The Morgan fingerprint density at radius 3 is 2.32 bits per heavy atom. The van der Waals surface area contributed by atoms with Crippen LogP contribution in [0.4, 0.5) is 0 Å². The molecule has 0 bridgehead atoms. The van der Waals surface area contributed by atoms with Crippen molar-refractivity contribution >= 4 is 35.8 Å². The number of nitrogens with zero attached hydrogens (tertiary/aromatic N) is 3. The Hall–Kier alpha value is -1.35. The van der Waals surface area contributed by atoms with Gasteiger partial charge in [0.25, 0.3) is 0 Å². The number of rotatable bonds is 6. The second-order valence-corrected chi connectivity index (χ2v) is 9.00. The number of guanidine groups is 1. The predicted molar refractivity (Wildman–Crippen MR) is 139 cm³/mol. The number of carbonyl (C=O) groups is 1. The smallest absolute Gasteiger partial charge is 0.225 e. The van der Waals surface area contributed by atoms with E-state index in [1.165, 1.54) is 49.9 Å². The summed E-state index contributed by atoms with van der Waals surface area (Å²) in [6.45, 7) is 9.76. The summed E-state index contributed by atoms with van der Waals surface area (Å²) < 4.78 is 0. The van der Waals surface area contributed by atoms with Crippen LogP contribution in [0.1, 0.15) is 57.1 Å². The lowest BCUT2D eigenvalue weighted by Crippen LogP contribution is -2.45. The highest BCUT2D eigenvalue weighted by Crippen LogP contribution is 2.15. The maximum Gasteiger partial charge on any atom is 0.225 e. The van der Waals surface area contributed by atoms with Crippen LogP contribution in [0.25, 0.3) is 0 Å². The Morgan fingerprint density at radius 1 is 1.06 bits per heavy atom. The van der Waals surface area contributed by atoms with E-state index in [1.807, 2.05) is 18.7 Å². The summed E-state index contributed by atoms with van der Waals surface area (Å²) in [6.07, 6.45) is 6.38. The van der Waals surface area contributed by atoms with Crippen LogP contribution in [0.5, 0.6) is 0 Å². The average molecular weight is 542 g/mol. The molecule has 1 aromatic carbocycles. The molecule has 6 nitrogen and oxygen atoms in total. The number of hydrogen-bond acceptors (Lipinski definition) is 3. The molecular weight excluding hydrogens is 501 g/mol. The Bertz CT molecular complexity index is 698. The highest BCUT2D eigenvalue weighted by Gasteiger charge is 2.27. The molecule has 174 valence electrons. The van der Waals surface area contributed by atoms with Gasteiger partial charge in [0.2, 0.25) is 5.91 Å². The zero-order valence-electron chi connectivity index (χ0n) is 19.4. The van der Waals surface area contributed by atoms with Crippen LogP contribution < -0.4 is 10.6 Å². The van der Waals surface area contributed by atoms with E-state index < -0.39 is 0 Å². The van der Waals surface area contributed by atoms with E-state index in [0.717, 1.165) is 38.6 Å². The van der Waals surface area contributed by atoms with Gasteiger partial charge < -0.3 is 15.5 Å². The van der Waals surface area contributed by atoms with Gasteiger partial charge in [-0.1, -0.05) is 51.0 Å². The number of hydrogen-bond donors (Lipinski definition) is 2. The van der Waals surface area contributed by atoms with Crippen LogP contribution >= 0.6 is 24.0 Å². The first-order chi connectivity index (χ1) is 14.5. The maximum atomic E-state index is 12.2. The molecule has 2 aliphatic heterocycles. The van der Waals surface area contributed by atoms with E-state index in [9.17, 15) is 4.79 Å². The minimum Gasteiger partial charge on any atom is -0.352 e. The fourth-order valence-corrected chi connectivity index (χ4v) is 4.33. The van der Waals surface area contributed by atoms with Crippen LogP contribution in [-0.4, -0.2) is 60.9 Å². The summed E-state index contributed by atoms with van der Waals surface area (Å²) in [4.78, 5) is 21.1. The van der Waals surface area contributed by atoms with Gasteiger partial charge in [-0.25, -0.2) is 0 Å². The lowest BCUT2D eigenvalue weighted by Gasteiger charge is -2.21. The second-order valence-electron chi connectivity index (χ2n) is 9.00. The molecule has 0 aliphatic carbocycles. The third kappa shape index (κ3) is 8.25. The molecule has 1 unspecified atom stereocenters. The zero-order chi connectivity index (χ0) is 21.3. The number of benzene rings is 1. The van der Waals surface area contributed by atoms with Gasteiger partial charge in [0.1, 0.15) is 0 Å². The second kappa shape index (κ2) is 13.3. The summed E-state index contributed by atoms with van der Waals surface area (Å²) >= 11 is 0. The molecule has 2 N–H and O–H groups in total. The fourth-order valence-electron chi connectivity index (χ4n) is 4.33. The molecule has 2 saturated heterocycles. The average Bonchev–Trinajstić information content (AvgIpc) is 3.06. The lowest BCUT2D eigenvalue weighted by atomic mass is 10.1. The van der Waals surface area contributed by atoms with Crippen molar-refractivity contribution in [3.8, 4) is 0 Å². The Kier molecular flexibility index (Phi) is 11.1. The van der Waals surface area contributed by atoms with Gasteiger partial charge in [0, 0.05) is 45.2 Å². The van der Waals surface area contributed by atoms with Crippen LogP contribution in [0.2, 0.25) is 0 Å². The largest absolute Gasteiger partial charge is 0.352 e. The molecule has 0 saturated carbocycles. The van der Waals surface area contributed by atoms with E-state index in [1.54, 1.807) is 7.05 Å². The normalized spacial score (nSPS) is 20.3. The summed E-state index contributed by atoms with van der Waals surface area (Å²) in [6, 6.07) is 9.20. The van der Waals surface area contributed by atoms with Gasteiger partial charge in [0.15, 0.2) is 5.96 Å². The van der Waals surface area contributed by atoms with E-state index in [-0.39, 0.29) is 41.8 Å². The van der Waals surface area contributed by atoms with Gasteiger partial charge in [-0.15, -0.1) is 24.0 Å². The van der Waals surface area contributed by atoms with Crippen LogP contribution in [0.3, 0.4) is 0 Å². The van der Waals surface area contributed by atoms with Crippen molar-refractivity contribution in [2.24, 2.45) is 10.9 Å². The van der Waals surface area contributed by atoms with E-state index in [4.69, 9.17) is 0 Å². The summed E-state index contributed by atoms with van der Waals surface area (Å²) in [5, 5.41) is 6.88. The molecule has 2 heterocycles. The monoisotopic (exact) mass is 541 g/mol. The number of halogens is 1. The van der Waals surface area contributed by atoms with Gasteiger partial charge in [0.05, 0.1) is 0 Å². The van der Waals surface area contributed by atoms with Gasteiger partial charge in [-0.3, -0.25) is 14.7 Å². The van der Waals surface area contributed by atoms with Crippen molar-refractivity contribution in [3.63, 3.8) is 0 Å². The number of aliphatic imine (C=N–C) groups is 1. The summed E-state index contributed by atoms with van der Waals surface area (Å²) in [7, 11) is 1.80. The molecule has 3 rings (SSSR count). The Labute approximate surface area is 205 Å². The van der Waals surface area contributed by atoms with Crippen LogP contribution in [0.15, 0.2) is 29.3 Å². The van der Waals surface area contributed by atoms with Crippen molar-refractivity contribution in [1.82, 2.24) is 20.4 Å². The minimum atomic E-state index is 0. The standard InChI is InChI=1S/C24H39N5O.HI/c1-19(2)23(30)29-15-12-22(18-29)27-24(25-3)26-16-20-8-10-21(11-9-20)17-28-13-6-4-5-7-14-28;/h8-11,19,22H,4-7,12-18H2,1-3H3,(H2,25,26,27);1H. The quantitative estimate of drug-likeness (QED) is 0.329. The molecule has 0 radical (unpaired) electrons. The first-order valence-electron chi connectivity index (χ1n) is 11.6. The van der Waals surface area contributed by atoms with Crippen molar-refractivity contribution < 1.29 is 4.79 Å². The van der Waals surface area contributed by atoms with Crippen LogP contribution in [-0.2, 0) is 17.9 Å². The van der Waals surface area contributed by atoms with Crippen molar-refractivity contribution in [2.45, 2.75) is 65.1 Å². The molecular formula is C24H40IN5O. The molecule has 1 amide bonds. The molecule has 2 fully saturated rings. The summed E-state index contributed by atoms with van der Waals surface area (Å²) in [5.74, 6) is 1.10. The number of likely N-dealkylation sites (tertiary alicyclic amines) is 2. The molecule has 1 atom stereocenters. The van der Waals surface area contributed by atoms with Gasteiger partial charge in [-0.05, 0) is 43.5 Å². The number of carbonyl (C=O) groups excluding carboxylic acids is 1. The Morgan fingerprint density at radius 2 is 1.71 bits per heavy atom. The third-order valence-corrected chi connectivity index (χ3v) is 6.15. The molecule has 31 heavy (non-hydrogen) atoms.